The fourth-order valence-electron chi connectivity index (χ4n) is 9.41. The molecule has 97 heavy (non-hydrogen) atoms. The summed E-state index contributed by atoms with van der Waals surface area (Å²) in [4.78, 5) is 28.4. The average Bonchev–Trinajstić information content (AvgIpc) is 0.805. The first-order chi connectivity index (χ1) is 44.9. The molecule has 6 unspecified atom stereocenters. The van der Waals surface area contributed by atoms with Crippen molar-refractivity contribution in [3.05, 3.63) is 253 Å². The summed E-state index contributed by atoms with van der Waals surface area (Å²) >= 11 is 0. The second kappa shape index (κ2) is 40.3. The Balaban J connectivity index is 0.000000266. The predicted molar refractivity (Wildman–Crippen MR) is 361 cm³/mol. The van der Waals surface area contributed by atoms with Gasteiger partial charge in [0, 0.05) is 83.2 Å². The number of rotatable bonds is 12. The molecule has 6 N–H and O–H groups in total. The van der Waals surface area contributed by atoms with E-state index >= 15 is 0 Å². The Labute approximate surface area is 603 Å². The van der Waals surface area contributed by atoms with Crippen LogP contribution in [0.3, 0.4) is 0 Å². The first kappa shape index (κ1) is 81.8. The van der Waals surface area contributed by atoms with E-state index in [1.54, 1.807) is 59.7 Å². The van der Waals surface area contributed by atoms with Gasteiger partial charge in [-0.3, -0.25) is 34.3 Å². The summed E-state index contributed by atoms with van der Waals surface area (Å²) < 4.78 is 65.0. The maximum Gasteiger partial charge on any atom is 0.381 e. The first-order valence-corrected chi connectivity index (χ1v) is 30.4. The number of nitrogens with zero attached hydrogens (tertiary/aromatic N) is 6. The summed E-state index contributed by atoms with van der Waals surface area (Å²) in [5, 5.41) is 51.4. The topological polar surface area (TPSA) is 199 Å². The Morgan fingerprint density at radius 1 is 0.330 bits per heavy atom. The van der Waals surface area contributed by atoms with Gasteiger partial charge in [0.15, 0.2) is 0 Å². The summed E-state index contributed by atoms with van der Waals surface area (Å²) in [5.41, 5.74) is 13.8. The van der Waals surface area contributed by atoms with Gasteiger partial charge in [0.2, 0.25) is 0 Å². The molecule has 6 atom stereocenters. The standard InChI is InChI=1S/C22H14F3N2.C20H11F2N2.C20H13N2.3C5H12O2.3Ir/c1-14-6-8-15(9-7-14)20-21(27-19-5-3-2-4-18(19)26-20)16-10-12-17(13-11-16)22(23,24)25;21-15-9-5-13(6-10-15)19-20(14-7-11-16(22)12-8-14)24-18-4-2-1-3-17(18)23-19;1-3-9-15(10-4-1)19-20(16-11-5-2-6-12-16)22-18-14-8-7-13-17(18)21-19;3*1-4(6)3-5(2)7;;;/h2-10,12-13H,1H3;1-7,9-12H;1-11,13-14H;3*4-7H,3H2,1-2H3;;;/q3*-1;;;;;;. The molecule has 0 aliphatic carbocycles. The van der Waals surface area contributed by atoms with Crippen molar-refractivity contribution in [1.29, 1.82) is 0 Å². The van der Waals surface area contributed by atoms with Crippen molar-refractivity contribution >= 4 is 33.1 Å². The molecule has 20 heteroatoms. The van der Waals surface area contributed by atoms with Crippen LogP contribution in [-0.2, 0) is 66.5 Å². The largest absolute Gasteiger partial charge is 0.393 e. The van der Waals surface area contributed by atoms with Crippen LogP contribution in [0.15, 0.2) is 212 Å². The third-order valence-corrected chi connectivity index (χ3v) is 13.6. The Hall–Kier alpha value is -7.64. The number of para-hydroxylation sites is 6. The molecule has 0 amide bonds. The number of fused-ring (bicyclic) bond motifs is 3. The summed E-state index contributed by atoms with van der Waals surface area (Å²) in [6, 6.07) is 71.3. The third kappa shape index (κ3) is 25.9. The van der Waals surface area contributed by atoms with Crippen molar-refractivity contribution in [2.24, 2.45) is 0 Å². The van der Waals surface area contributed by atoms with Gasteiger partial charge in [0.1, 0.15) is 5.82 Å². The molecule has 9 aromatic carbocycles. The minimum Gasteiger partial charge on any atom is -0.393 e. The van der Waals surface area contributed by atoms with Crippen molar-refractivity contribution in [3.63, 3.8) is 0 Å². The second-order valence-corrected chi connectivity index (χ2v) is 22.5. The van der Waals surface area contributed by atoms with Crippen LogP contribution in [0.4, 0.5) is 22.0 Å². The van der Waals surface area contributed by atoms with Gasteiger partial charge in [0.05, 0.1) is 86.8 Å². The summed E-state index contributed by atoms with van der Waals surface area (Å²) in [5.74, 6) is -0.682. The quantitative estimate of drug-likeness (QED) is 0.0501. The number of aliphatic hydroxyl groups excluding tert-OH is 6. The number of aryl methyl sites for hydroxylation is 1. The van der Waals surface area contributed by atoms with Crippen molar-refractivity contribution in [2.75, 3.05) is 0 Å². The van der Waals surface area contributed by atoms with Gasteiger partial charge in [-0.25, -0.2) is 4.39 Å². The van der Waals surface area contributed by atoms with E-state index in [4.69, 9.17) is 45.6 Å². The molecule has 0 saturated carbocycles. The van der Waals surface area contributed by atoms with E-state index in [0.29, 0.717) is 58.7 Å². The smallest absolute Gasteiger partial charge is 0.381 e. The number of alkyl halides is 3. The van der Waals surface area contributed by atoms with E-state index in [1.807, 2.05) is 146 Å². The van der Waals surface area contributed by atoms with Crippen molar-refractivity contribution in [2.45, 2.75) is 111 Å². The molecule has 0 saturated heterocycles. The van der Waals surface area contributed by atoms with E-state index in [1.165, 1.54) is 30.3 Å². The van der Waals surface area contributed by atoms with Crippen LogP contribution >= 0.6 is 0 Å². The van der Waals surface area contributed by atoms with Gasteiger partial charge < -0.3 is 30.6 Å². The SMILES string of the molecule is CC(O)CC(C)O.CC(O)CC(C)O.CC(O)CC(C)O.Cc1ccc(-c2nc3ccccc3nc2-c2[c-]cc(C(F)(F)F)cc2)cc1.Fc1c[c-]c(-c2nc3ccccc3nc2-c2ccc(F)cc2)cc1.[Ir].[Ir].[Ir].[c-]1ccccc1-c1nc2ccccc2nc1-c1ccccc1. The van der Waals surface area contributed by atoms with Crippen LogP contribution in [0.5, 0.6) is 0 Å². The monoisotopic (exact) mass is 1850 g/mol. The minimum absolute atomic E-state index is 0. The molecule has 3 heterocycles. The molecular formula is C77H74F5Ir3N6O6-3. The maximum atomic E-state index is 13.2. The number of aliphatic hydroxyl groups is 6. The molecule has 3 radical (unpaired) electrons. The number of hydrogen-bond acceptors (Lipinski definition) is 12. The summed E-state index contributed by atoms with van der Waals surface area (Å²) in [7, 11) is 0. The molecule has 0 fully saturated rings. The molecule has 3 aromatic heterocycles. The molecule has 12 nitrogen and oxygen atoms in total. The minimum atomic E-state index is -4.40. The second-order valence-electron chi connectivity index (χ2n) is 22.5. The fraction of sp³-hybridized carbons (Fsp3) is 0.221. The van der Waals surface area contributed by atoms with Crippen molar-refractivity contribution in [3.8, 4) is 67.5 Å². The van der Waals surface area contributed by atoms with Crippen molar-refractivity contribution < 1.29 is 113 Å². The van der Waals surface area contributed by atoms with E-state index < -0.39 is 11.7 Å². The maximum absolute atomic E-state index is 13.2. The van der Waals surface area contributed by atoms with Gasteiger partial charge >= 0.3 is 6.18 Å². The molecular weight excluding hydrogens is 1780 g/mol. The van der Waals surface area contributed by atoms with Crippen molar-refractivity contribution in [1.82, 2.24) is 29.9 Å². The van der Waals surface area contributed by atoms with E-state index in [-0.39, 0.29) is 109 Å². The van der Waals surface area contributed by atoms with E-state index in [9.17, 15) is 22.0 Å². The average molecular weight is 1850 g/mol. The molecule has 12 rings (SSSR count). The molecule has 0 aliphatic rings. The van der Waals surface area contributed by atoms with Gasteiger partial charge in [-0.15, -0.1) is 95.6 Å². The summed E-state index contributed by atoms with van der Waals surface area (Å²) in [6.45, 7) is 11.9. The number of halogens is 5. The Kier molecular flexibility index (Phi) is 34.0. The number of benzene rings is 9. The molecule has 12 aromatic rings. The van der Waals surface area contributed by atoms with Gasteiger partial charge in [0.25, 0.3) is 0 Å². The number of aromatic nitrogens is 6. The summed E-state index contributed by atoms with van der Waals surface area (Å²) in [6.07, 6.45) is -5.23. The molecule has 0 aliphatic heterocycles. The fourth-order valence-corrected chi connectivity index (χ4v) is 9.41. The molecule has 0 bridgehead atoms. The predicted octanol–water partition coefficient (Wildman–Crippen LogP) is 16.3. The molecule has 0 spiro atoms. The normalized spacial score (nSPS) is 12.5. The van der Waals surface area contributed by atoms with Crippen LogP contribution < -0.4 is 0 Å². The van der Waals surface area contributed by atoms with Gasteiger partial charge in [-0.2, -0.15) is 13.2 Å². The number of hydrogen-bond donors (Lipinski definition) is 6. The first-order valence-electron chi connectivity index (χ1n) is 30.4. The van der Waals surface area contributed by atoms with Crippen LogP contribution in [-0.4, -0.2) is 97.2 Å². The Bertz CT molecular complexity index is 4060. The van der Waals surface area contributed by atoms with Crippen LogP contribution in [0.2, 0.25) is 0 Å². The Morgan fingerprint density at radius 3 is 0.928 bits per heavy atom. The zero-order chi connectivity index (χ0) is 67.9. The van der Waals surface area contributed by atoms with Crippen LogP contribution in [0, 0.1) is 36.8 Å². The van der Waals surface area contributed by atoms with Gasteiger partial charge in [-0.05, 0) is 139 Å². The Morgan fingerprint density at radius 2 is 0.629 bits per heavy atom. The van der Waals surface area contributed by atoms with E-state index in [0.717, 1.165) is 78.9 Å². The third-order valence-electron chi connectivity index (χ3n) is 13.6. The van der Waals surface area contributed by atoms with Crippen LogP contribution in [0.1, 0.15) is 71.9 Å². The zero-order valence-corrected chi connectivity index (χ0v) is 61.2. The molecule has 513 valence electrons. The zero-order valence-electron chi connectivity index (χ0n) is 54.0. The van der Waals surface area contributed by atoms with Crippen LogP contribution in [0.25, 0.3) is 101 Å². The van der Waals surface area contributed by atoms with E-state index in [2.05, 4.69) is 45.3 Å². The van der Waals surface area contributed by atoms with Gasteiger partial charge in [-0.1, -0.05) is 109 Å².